The second kappa shape index (κ2) is 7.16. The van der Waals surface area contributed by atoms with Gasteiger partial charge in [-0.15, -0.1) is 0 Å². The maximum Gasteiger partial charge on any atom is 0.0426 e. The zero-order valence-electron chi connectivity index (χ0n) is 12.0. The molecule has 19 heavy (non-hydrogen) atoms. The second-order valence-corrected chi connectivity index (χ2v) is 6.06. The van der Waals surface area contributed by atoms with Crippen molar-refractivity contribution in [2.75, 3.05) is 25.0 Å². The van der Waals surface area contributed by atoms with Gasteiger partial charge >= 0.3 is 0 Å². The summed E-state index contributed by atoms with van der Waals surface area (Å²) < 4.78 is 0. The highest BCUT2D eigenvalue weighted by Crippen LogP contribution is 2.24. The number of rotatable bonds is 5. The molecule has 106 valence electrons. The third kappa shape index (κ3) is 4.39. The van der Waals surface area contributed by atoms with Crippen molar-refractivity contribution >= 4 is 17.3 Å². The Morgan fingerprint density at radius 2 is 2.11 bits per heavy atom. The summed E-state index contributed by atoms with van der Waals surface area (Å²) in [6.07, 6.45) is 3.87. The number of piperidine rings is 1. The molecular formula is C16H25ClN2. The van der Waals surface area contributed by atoms with Crippen LogP contribution >= 0.6 is 11.6 Å². The van der Waals surface area contributed by atoms with E-state index in [1.165, 1.54) is 38.9 Å². The monoisotopic (exact) mass is 280 g/mol. The zero-order valence-corrected chi connectivity index (χ0v) is 12.8. The van der Waals surface area contributed by atoms with E-state index in [0.29, 0.717) is 6.04 Å². The van der Waals surface area contributed by atoms with E-state index in [4.69, 9.17) is 11.6 Å². The minimum absolute atomic E-state index is 0.516. The van der Waals surface area contributed by atoms with Crippen molar-refractivity contribution in [2.45, 2.75) is 39.2 Å². The van der Waals surface area contributed by atoms with Crippen LogP contribution in [-0.2, 0) is 0 Å². The molecule has 0 aliphatic carbocycles. The summed E-state index contributed by atoms with van der Waals surface area (Å²) in [7, 11) is 0. The van der Waals surface area contributed by atoms with E-state index in [1.807, 2.05) is 18.2 Å². The second-order valence-electron chi connectivity index (χ2n) is 5.62. The molecule has 1 atom stereocenters. The van der Waals surface area contributed by atoms with E-state index in [1.54, 1.807) is 0 Å². The van der Waals surface area contributed by atoms with Crippen LogP contribution in [0.5, 0.6) is 0 Å². The lowest BCUT2D eigenvalue weighted by Crippen LogP contribution is -2.39. The van der Waals surface area contributed by atoms with Gasteiger partial charge in [0, 0.05) is 16.8 Å². The quantitative estimate of drug-likeness (QED) is 0.867. The number of benzene rings is 1. The first-order valence-electron chi connectivity index (χ1n) is 7.43. The largest absolute Gasteiger partial charge is 0.382 e. The van der Waals surface area contributed by atoms with Gasteiger partial charge in [0.25, 0.3) is 0 Å². The Balaban J connectivity index is 1.82. The minimum Gasteiger partial charge on any atom is -0.382 e. The van der Waals surface area contributed by atoms with E-state index in [-0.39, 0.29) is 0 Å². The van der Waals surface area contributed by atoms with Crippen LogP contribution in [0.15, 0.2) is 24.3 Å². The van der Waals surface area contributed by atoms with Crippen molar-refractivity contribution in [3.63, 3.8) is 0 Å². The lowest BCUT2D eigenvalue weighted by Gasteiger charge is -2.35. The van der Waals surface area contributed by atoms with Gasteiger partial charge in [0.05, 0.1) is 0 Å². The number of anilines is 1. The van der Waals surface area contributed by atoms with Crippen LogP contribution in [-0.4, -0.2) is 30.6 Å². The van der Waals surface area contributed by atoms with Crippen LogP contribution in [0, 0.1) is 5.92 Å². The molecule has 0 amide bonds. The number of nitrogens with zero attached hydrogens (tertiary/aromatic N) is 1. The minimum atomic E-state index is 0.516. The van der Waals surface area contributed by atoms with Gasteiger partial charge in [-0.3, -0.25) is 0 Å². The van der Waals surface area contributed by atoms with E-state index < -0.39 is 0 Å². The molecular weight excluding hydrogens is 256 g/mol. The summed E-state index contributed by atoms with van der Waals surface area (Å²) in [5.41, 5.74) is 1.14. The topological polar surface area (TPSA) is 15.3 Å². The first-order chi connectivity index (χ1) is 9.19. The molecule has 3 heteroatoms. The molecule has 1 aliphatic heterocycles. The fraction of sp³-hybridized carbons (Fsp3) is 0.625. The van der Waals surface area contributed by atoms with Crippen LogP contribution in [0.3, 0.4) is 0 Å². The molecule has 0 bridgehead atoms. The Bertz CT molecular complexity index is 386. The molecule has 1 N–H and O–H groups in total. The summed E-state index contributed by atoms with van der Waals surface area (Å²) in [6.45, 7) is 8.30. The third-order valence-electron chi connectivity index (χ3n) is 4.10. The van der Waals surface area contributed by atoms with Crippen molar-refractivity contribution in [1.29, 1.82) is 0 Å². The summed E-state index contributed by atoms with van der Waals surface area (Å²) in [5.74, 6) is 0.770. The van der Waals surface area contributed by atoms with Gasteiger partial charge in [0.1, 0.15) is 0 Å². The Labute approximate surface area is 122 Å². The van der Waals surface area contributed by atoms with E-state index in [9.17, 15) is 0 Å². The first kappa shape index (κ1) is 14.7. The lowest BCUT2D eigenvalue weighted by molar-refractivity contribution is 0.176. The third-order valence-corrected chi connectivity index (χ3v) is 4.33. The van der Waals surface area contributed by atoms with Crippen LogP contribution in [0.1, 0.15) is 33.1 Å². The van der Waals surface area contributed by atoms with Crippen LogP contribution in [0.4, 0.5) is 5.69 Å². The normalized spacial score (nSPS) is 19.3. The smallest absolute Gasteiger partial charge is 0.0426 e. The van der Waals surface area contributed by atoms with E-state index >= 15 is 0 Å². The molecule has 1 unspecified atom stereocenters. The average Bonchev–Trinajstić information content (AvgIpc) is 2.40. The highest BCUT2D eigenvalue weighted by Gasteiger charge is 2.23. The number of hydrogen-bond donors (Lipinski definition) is 1. The van der Waals surface area contributed by atoms with E-state index in [0.717, 1.165) is 16.6 Å². The maximum atomic E-state index is 6.02. The molecule has 1 saturated heterocycles. The molecule has 0 radical (unpaired) electrons. The molecule has 0 spiro atoms. The SMILES string of the molecule is CCCN1CCC(C(C)Nc2cccc(Cl)c2)CC1. The number of likely N-dealkylation sites (tertiary alicyclic amines) is 1. The maximum absolute atomic E-state index is 6.02. The Morgan fingerprint density at radius 1 is 1.37 bits per heavy atom. The van der Waals surface area contributed by atoms with Crippen molar-refractivity contribution in [1.82, 2.24) is 4.90 Å². The Kier molecular flexibility index (Phi) is 5.53. The summed E-state index contributed by atoms with van der Waals surface area (Å²) in [6, 6.07) is 8.53. The Morgan fingerprint density at radius 3 is 2.74 bits per heavy atom. The predicted octanol–water partition coefficient (Wildman–Crippen LogP) is 4.26. The molecule has 1 aliphatic rings. The molecule has 2 nitrogen and oxygen atoms in total. The van der Waals surface area contributed by atoms with Crippen molar-refractivity contribution < 1.29 is 0 Å². The van der Waals surface area contributed by atoms with Gasteiger partial charge in [-0.25, -0.2) is 0 Å². The fourth-order valence-electron chi connectivity index (χ4n) is 2.95. The molecule has 0 aromatic heterocycles. The van der Waals surface area contributed by atoms with Gasteiger partial charge < -0.3 is 10.2 Å². The summed E-state index contributed by atoms with van der Waals surface area (Å²) in [4.78, 5) is 2.59. The fourth-order valence-corrected chi connectivity index (χ4v) is 3.14. The summed E-state index contributed by atoms with van der Waals surface area (Å²) >= 11 is 6.02. The number of halogens is 1. The molecule has 0 saturated carbocycles. The van der Waals surface area contributed by atoms with Crippen LogP contribution in [0.2, 0.25) is 5.02 Å². The summed E-state index contributed by atoms with van der Waals surface area (Å²) in [5, 5.41) is 4.40. The number of hydrogen-bond acceptors (Lipinski definition) is 2. The highest BCUT2D eigenvalue weighted by atomic mass is 35.5. The highest BCUT2D eigenvalue weighted by molar-refractivity contribution is 6.30. The molecule has 1 aromatic carbocycles. The van der Waals surface area contributed by atoms with Gasteiger partial charge in [-0.05, 0) is 69.9 Å². The van der Waals surface area contributed by atoms with E-state index in [2.05, 4.69) is 30.1 Å². The van der Waals surface area contributed by atoms with Gasteiger partial charge in [-0.1, -0.05) is 24.6 Å². The van der Waals surface area contributed by atoms with Gasteiger partial charge in [0.2, 0.25) is 0 Å². The standard InChI is InChI=1S/C16H25ClN2/c1-3-9-19-10-7-14(8-11-19)13(2)18-16-6-4-5-15(17)12-16/h4-6,12-14,18H,3,7-11H2,1-2H3. The van der Waals surface area contributed by atoms with Crippen LogP contribution in [0.25, 0.3) is 0 Å². The predicted molar refractivity (Wildman–Crippen MR) is 84.0 cm³/mol. The zero-order chi connectivity index (χ0) is 13.7. The van der Waals surface area contributed by atoms with Crippen molar-refractivity contribution in [3.8, 4) is 0 Å². The van der Waals surface area contributed by atoms with Gasteiger partial charge in [-0.2, -0.15) is 0 Å². The Hall–Kier alpha value is -0.730. The molecule has 1 fully saturated rings. The molecule has 2 rings (SSSR count). The van der Waals surface area contributed by atoms with Crippen molar-refractivity contribution in [3.05, 3.63) is 29.3 Å². The molecule has 1 aromatic rings. The lowest BCUT2D eigenvalue weighted by atomic mass is 9.90. The number of nitrogens with one attached hydrogen (secondary N) is 1. The van der Waals surface area contributed by atoms with Crippen molar-refractivity contribution in [2.24, 2.45) is 5.92 Å². The first-order valence-corrected chi connectivity index (χ1v) is 7.81. The molecule has 1 heterocycles. The van der Waals surface area contributed by atoms with Crippen LogP contribution < -0.4 is 5.32 Å². The average molecular weight is 281 g/mol. The van der Waals surface area contributed by atoms with Gasteiger partial charge in [0.15, 0.2) is 0 Å².